The summed E-state index contributed by atoms with van der Waals surface area (Å²) in [7, 11) is 0. The first-order valence-electron chi connectivity index (χ1n) is 3.86. The van der Waals surface area contributed by atoms with Crippen molar-refractivity contribution in [1.29, 1.82) is 5.26 Å². The number of amides is 1. The molecule has 0 heterocycles. The minimum atomic E-state index is -1.12. The molecule has 1 N–H and O–H groups in total. The third-order valence-electron chi connectivity index (χ3n) is 1.55. The van der Waals surface area contributed by atoms with Crippen LogP contribution in [0.4, 0.5) is 14.5 Å². The second-order valence-corrected chi connectivity index (χ2v) is 3.76. The Morgan fingerprint density at radius 1 is 1.53 bits per heavy atom. The molecule has 15 heavy (non-hydrogen) atoms. The summed E-state index contributed by atoms with van der Waals surface area (Å²) in [4.78, 5) is 11.0. The highest BCUT2D eigenvalue weighted by Gasteiger charge is 2.14. The summed E-state index contributed by atoms with van der Waals surface area (Å²) in [5.74, 6) is -2.82. The Hall–Kier alpha value is -1.23. The zero-order valence-corrected chi connectivity index (χ0v) is 9.51. The molecule has 78 valence electrons. The molecule has 1 amide bonds. The van der Waals surface area contributed by atoms with Crippen LogP contribution in [0.2, 0.25) is 0 Å². The van der Waals surface area contributed by atoms with Crippen LogP contribution in [0.1, 0.15) is 6.42 Å². The Balaban J connectivity index is 3.00. The maximum absolute atomic E-state index is 13.2. The Bertz CT molecular complexity index is 442. The van der Waals surface area contributed by atoms with Crippen LogP contribution in [0.25, 0.3) is 0 Å². The number of nitrogens with one attached hydrogen (secondary N) is 1. The van der Waals surface area contributed by atoms with Crippen molar-refractivity contribution in [2.45, 2.75) is 6.42 Å². The Morgan fingerprint density at radius 3 is 2.80 bits per heavy atom. The van der Waals surface area contributed by atoms with Crippen molar-refractivity contribution >= 4 is 34.2 Å². The van der Waals surface area contributed by atoms with Gasteiger partial charge in [-0.15, -0.1) is 0 Å². The molecule has 0 radical (unpaired) electrons. The van der Waals surface area contributed by atoms with Gasteiger partial charge in [0, 0.05) is 3.57 Å². The number of carbonyl (C=O) groups excluding carboxylic acids is 1. The molecule has 0 saturated carbocycles. The predicted molar refractivity (Wildman–Crippen MR) is 57.9 cm³/mol. The van der Waals surface area contributed by atoms with Crippen molar-refractivity contribution in [3.8, 4) is 6.07 Å². The van der Waals surface area contributed by atoms with Crippen molar-refractivity contribution in [2.24, 2.45) is 0 Å². The van der Waals surface area contributed by atoms with Crippen LogP contribution in [0.15, 0.2) is 12.1 Å². The number of hydrogen-bond acceptors (Lipinski definition) is 2. The second-order valence-electron chi connectivity index (χ2n) is 2.60. The van der Waals surface area contributed by atoms with Crippen LogP contribution >= 0.6 is 22.6 Å². The van der Waals surface area contributed by atoms with E-state index in [-0.39, 0.29) is 5.69 Å². The first kappa shape index (κ1) is 11.8. The van der Waals surface area contributed by atoms with E-state index < -0.39 is 24.0 Å². The van der Waals surface area contributed by atoms with Crippen LogP contribution in [0, 0.1) is 26.5 Å². The minimum Gasteiger partial charge on any atom is -0.322 e. The number of hydrogen-bond donors (Lipinski definition) is 1. The molecule has 0 saturated heterocycles. The first-order chi connectivity index (χ1) is 7.06. The summed E-state index contributed by atoms with van der Waals surface area (Å²) in [5, 5.41) is 10.4. The summed E-state index contributed by atoms with van der Waals surface area (Å²) in [6, 6.07) is 3.91. The lowest BCUT2D eigenvalue weighted by atomic mass is 10.3. The minimum absolute atomic E-state index is 0.226. The Kier molecular flexibility index (Phi) is 3.96. The van der Waals surface area contributed by atoms with Gasteiger partial charge in [0.25, 0.3) is 0 Å². The number of rotatable bonds is 2. The molecule has 1 aromatic rings. The average Bonchev–Trinajstić information content (AvgIpc) is 2.19. The van der Waals surface area contributed by atoms with E-state index in [0.29, 0.717) is 3.57 Å². The number of nitrogens with zero attached hydrogens (tertiary/aromatic N) is 1. The van der Waals surface area contributed by atoms with Crippen molar-refractivity contribution in [2.75, 3.05) is 5.32 Å². The second kappa shape index (κ2) is 5.02. The van der Waals surface area contributed by atoms with E-state index in [4.69, 9.17) is 5.26 Å². The largest absolute Gasteiger partial charge is 0.322 e. The smallest absolute Gasteiger partial charge is 0.238 e. The van der Waals surface area contributed by atoms with Gasteiger partial charge in [0.15, 0.2) is 11.6 Å². The summed E-state index contributed by atoms with van der Waals surface area (Å²) < 4.78 is 26.4. The number of benzene rings is 1. The molecule has 0 aromatic heterocycles. The molecule has 1 rings (SSSR count). The highest BCUT2D eigenvalue weighted by molar-refractivity contribution is 14.1. The summed E-state index contributed by atoms with van der Waals surface area (Å²) >= 11 is 1.76. The zero-order valence-electron chi connectivity index (χ0n) is 7.35. The lowest BCUT2D eigenvalue weighted by molar-refractivity contribution is -0.115. The standard InChI is InChI=1S/C9H5F2IN2O/c10-5-1-2-6(12)9(8(5)11)14-7(15)3-4-13/h1-2H,3H2,(H,14,15). The zero-order chi connectivity index (χ0) is 11.4. The monoisotopic (exact) mass is 322 g/mol. The molecular weight excluding hydrogens is 317 g/mol. The van der Waals surface area contributed by atoms with Gasteiger partial charge < -0.3 is 5.32 Å². The third kappa shape index (κ3) is 2.86. The van der Waals surface area contributed by atoms with Gasteiger partial charge >= 0.3 is 0 Å². The third-order valence-corrected chi connectivity index (χ3v) is 2.45. The maximum Gasteiger partial charge on any atom is 0.238 e. The Morgan fingerprint density at radius 2 is 2.20 bits per heavy atom. The van der Waals surface area contributed by atoms with Gasteiger partial charge in [-0.3, -0.25) is 4.79 Å². The van der Waals surface area contributed by atoms with Crippen molar-refractivity contribution in [3.05, 3.63) is 27.3 Å². The quantitative estimate of drug-likeness (QED) is 0.672. The topological polar surface area (TPSA) is 52.9 Å². The molecule has 0 bridgehead atoms. The fraction of sp³-hybridized carbons (Fsp3) is 0.111. The van der Waals surface area contributed by atoms with Crippen molar-refractivity contribution < 1.29 is 13.6 Å². The van der Waals surface area contributed by atoms with E-state index in [9.17, 15) is 13.6 Å². The number of carbonyl (C=O) groups is 1. The molecule has 0 spiro atoms. The maximum atomic E-state index is 13.2. The van der Waals surface area contributed by atoms with Crippen LogP contribution in [-0.4, -0.2) is 5.91 Å². The fourth-order valence-electron chi connectivity index (χ4n) is 0.897. The SMILES string of the molecule is N#CCC(=O)Nc1c(I)ccc(F)c1F. The van der Waals surface area contributed by atoms with E-state index in [1.165, 1.54) is 6.07 Å². The van der Waals surface area contributed by atoms with Gasteiger partial charge in [-0.25, -0.2) is 8.78 Å². The van der Waals surface area contributed by atoms with Gasteiger partial charge in [-0.1, -0.05) is 0 Å². The van der Waals surface area contributed by atoms with Crippen molar-refractivity contribution in [3.63, 3.8) is 0 Å². The van der Waals surface area contributed by atoms with E-state index in [1.807, 2.05) is 0 Å². The highest BCUT2D eigenvalue weighted by atomic mass is 127. The van der Waals surface area contributed by atoms with E-state index >= 15 is 0 Å². The van der Waals surface area contributed by atoms with Gasteiger partial charge in [0.1, 0.15) is 6.42 Å². The van der Waals surface area contributed by atoms with E-state index in [0.717, 1.165) is 6.07 Å². The number of nitriles is 1. The molecular formula is C9H5F2IN2O. The van der Waals surface area contributed by atoms with E-state index in [2.05, 4.69) is 5.32 Å². The summed E-state index contributed by atoms with van der Waals surface area (Å²) in [6.45, 7) is 0. The van der Waals surface area contributed by atoms with E-state index in [1.54, 1.807) is 28.7 Å². The van der Waals surface area contributed by atoms with Gasteiger partial charge in [-0.05, 0) is 34.7 Å². The van der Waals surface area contributed by atoms with Gasteiger partial charge in [-0.2, -0.15) is 5.26 Å². The van der Waals surface area contributed by atoms with Crippen LogP contribution in [0.5, 0.6) is 0 Å². The molecule has 0 atom stereocenters. The van der Waals surface area contributed by atoms with Gasteiger partial charge in [0.05, 0.1) is 11.8 Å². The van der Waals surface area contributed by atoms with Gasteiger partial charge in [0.2, 0.25) is 5.91 Å². The predicted octanol–water partition coefficient (Wildman–Crippen LogP) is 2.42. The summed E-state index contributed by atoms with van der Waals surface area (Å²) in [5.41, 5.74) is -0.226. The lowest BCUT2D eigenvalue weighted by Gasteiger charge is -2.07. The number of halogens is 3. The molecule has 0 aliphatic carbocycles. The first-order valence-corrected chi connectivity index (χ1v) is 4.94. The molecule has 0 aliphatic heterocycles. The molecule has 0 aliphatic rings. The van der Waals surface area contributed by atoms with Crippen LogP contribution in [0.3, 0.4) is 0 Å². The summed E-state index contributed by atoms with van der Waals surface area (Å²) in [6.07, 6.45) is -0.397. The fourth-order valence-corrected chi connectivity index (χ4v) is 1.45. The molecule has 0 unspecified atom stereocenters. The normalized spacial score (nSPS) is 9.47. The molecule has 6 heteroatoms. The molecule has 0 fully saturated rings. The molecule has 1 aromatic carbocycles. The van der Waals surface area contributed by atoms with Crippen molar-refractivity contribution in [1.82, 2.24) is 0 Å². The molecule has 3 nitrogen and oxygen atoms in total. The average molecular weight is 322 g/mol. The van der Waals surface area contributed by atoms with Crippen LogP contribution in [-0.2, 0) is 4.79 Å². The van der Waals surface area contributed by atoms with Crippen LogP contribution < -0.4 is 5.32 Å². The number of anilines is 1. The lowest BCUT2D eigenvalue weighted by Crippen LogP contribution is -2.13. The Labute approximate surface area is 98.2 Å². The highest BCUT2D eigenvalue weighted by Crippen LogP contribution is 2.24.